The van der Waals surface area contributed by atoms with Crippen LogP contribution in [0.4, 0.5) is 11.4 Å². The smallest absolute Gasteiger partial charge is 0.338 e. The molecule has 0 spiro atoms. The van der Waals surface area contributed by atoms with Crippen molar-refractivity contribution in [2.24, 2.45) is 5.92 Å². The first kappa shape index (κ1) is 24.5. The zero-order valence-electron chi connectivity index (χ0n) is 17.8. The van der Waals surface area contributed by atoms with Gasteiger partial charge in [0, 0.05) is 18.7 Å². The van der Waals surface area contributed by atoms with E-state index in [0.717, 1.165) is 6.42 Å². The van der Waals surface area contributed by atoms with Crippen LogP contribution >= 0.6 is 23.2 Å². The maximum Gasteiger partial charge on any atom is 0.338 e. The number of nitrogens with one attached hydrogen (secondary N) is 1. The first-order valence-corrected chi connectivity index (χ1v) is 11.0. The lowest BCUT2D eigenvalue weighted by Crippen LogP contribution is -2.28. The van der Waals surface area contributed by atoms with Gasteiger partial charge in [-0.25, -0.2) is 4.79 Å². The standard InChI is InChI=1S/C23H22Cl2N2O6/c1-2-10-32-22(30)14-6-8-16(9-7-14)27-12-15(11-20(27)29)23(31)33-13-19(28)26-18-5-3-4-17(24)21(18)25/h3-9,15H,2,10-13H2,1H3,(H,26,28)/t15-/m1/s1. The van der Waals surface area contributed by atoms with Crippen molar-refractivity contribution in [2.75, 3.05) is 30.0 Å². The maximum atomic E-state index is 12.4. The Hall–Kier alpha value is -3.10. The van der Waals surface area contributed by atoms with Crippen LogP contribution in [0.25, 0.3) is 0 Å². The first-order chi connectivity index (χ1) is 15.8. The van der Waals surface area contributed by atoms with E-state index in [1.165, 1.54) is 4.90 Å². The van der Waals surface area contributed by atoms with E-state index >= 15 is 0 Å². The molecule has 3 rings (SSSR count). The van der Waals surface area contributed by atoms with Crippen LogP contribution in [0.15, 0.2) is 42.5 Å². The number of benzene rings is 2. The Bertz CT molecular complexity index is 1060. The third kappa shape index (κ3) is 6.24. The van der Waals surface area contributed by atoms with Gasteiger partial charge >= 0.3 is 11.9 Å². The molecule has 2 aromatic rings. The van der Waals surface area contributed by atoms with E-state index in [1.54, 1.807) is 42.5 Å². The minimum absolute atomic E-state index is 0.0408. The molecule has 0 unspecified atom stereocenters. The molecule has 1 fully saturated rings. The number of esters is 2. The highest BCUT2D eigenvalue weighted by molar-refractivity contribution is 6.44. The fourth-order valence-electron chi connectivity index (χ4n) is 3.21. The second-order valence-corrected chi connectivity index (χ2v) is 8.13. The molecular weight excluding hydrogens is 471 g/mol. The Morgan fingerprint density at radius 2 is 1.82 bits per heavy atom. The van der Waals surface area contributed by atoms with Gasteiger partial charge in [0.05, 0.1) is 33.8 Å². The normalized spacial score (nSPS) is 15.3. The molecule has 1 heterocycles. The summed E-state index contributed by atoms with van der Waals surface area (Å²) in [5, 5.41) is 2.98. The lowest BCUT2D eigenvalue weighted by atomic mass is 10.1. The molecule has 0 aliphatic carbocycles. The molecule has 2 aromatic carbocycles. The Morgan fingerprint density at radius 3 is 2.52 bits per heavy atom. The predicted molar refractivity (Wildman–Crippen MR) is 124 cm³/mol. The molecular formula is C23H22Cl2N2O6. The van der Waals surface area contributed by atoms with Crippen molar-refractivity contribution in [3.63, 3.8) is 0 Å². The van der Waals surface area contributed by atoms with Crippen molar-refractivity contribution in [3.8, 4) is 0 Å². The van der Waals surface area contributed by atoms with E-state index in [0.29, 0.717) is 23.5 Å². The van der Waals surface area contributed by atoms with E-state index in [1.807, 2.05) is 6.92 Å². The van der Waals surface area contributed by atoms with Crippen molar-refractivity contribution in [1.82, 2.24) is 0 Å². The lowest BCUT2D eigenvalue weighted by Gasteiger charge is -2.17. The minimum Gasteiger partial charge on any atom is -0.462 e. The van der Waals surface area contributed by atoms with Crippen molar-refractivity contribution >= 4 is 58.3 Å². The average molecular weight is 493 g/mol. The summed E-state index contributed by atoms with van der Waals surface area (Å²) in [5.41, 5.74) is 1.23. The van der Waals surface area contributed by atoms with Gasteiger partial charge in [0.2, 0.25) is 5.91 Å². The van der Waals surface area contributed by atoms with Crippen molar-refractivity contribution in [2.45, 2.75) is 19.8 Å². The number of nitrogens with zero attached hydrogens (tertiary/aromatic N) is 1. The molecule has 1 atom stereocenters. The van der Waals surface area contributed by atoms with E-state index in [9.17, 15) is 19.2 Å². The van der Waals surface area contributed by atoms with Crippen molar-refractivity contribution in [3.05, 3.63) is 58.1 Å². The number of anilines is 2. The van der Waals surface area contributed by atoms with Gasteiger partial charge in [-0.15, -0.1) is 0 Å². The molecule has 8 nitrogen and oxygen atoms in total. The molecule has 1 N–H and O–H groups in total. The molecule has 0 saturated carbocycles. The number of halogens is 2. The molecule has 1 aliphatic rings. The van der Waals surface area contributed by atoms with Gasteiger partial charge in [-0.3, -0.25) is 14.4 Å². The predicted octanol–water partition coefficient (Wildman–Crippen LogP) is 4.10. The van der Waals surface area contributed by atoms with Crippen LogP contribution in [0.3, 0.4) is 0 Å². The summed E-state index contributed by atoms with van der Waals surface area (Å²) in [6.45, 7) is 1.82. The molecule has 2 amide bonds. The zero-order valence-corrected chi connectivity index (χ0v) is 19.3. The summed E-state index contributed by atoms with van der Waals surface area (Å²) in [5.74, 6) is -2.64. The third-order valence-electron chi connectivity index (χ3n) is 4.88. The molecule has 0 bridgehead atoms. The number of ether oxygens (including phenoxy) is 2. The van der Waals surface area contributed by atoms with Gasteiger partial charge in [0.25, 0.3) is 5.91 Å². The lowest BCUT2D eigenvalue weighted by molar-refractivity contribution is -0.151. The fraction of sp³-hybridized carbons (Fsp3) is 0.304. The van der Waals surface area contributed by atoms with Crippen LogP contribution in [0.1, 0.15) is 30.1 Å². The molecule has 0 radical (unpaired) electrons. The van der Waals surface area contributed by atoms with Gasteiger partial charge in [0.1, 0.15) is 0 Å². The van der Waals surface area contributed by atoms with Crippen LogP contribution in [-0.2, 0) is 23.9 Å². The second-order valence-electron chi connectivity index (χ2n) is 7.35. The maximum absolute atomic E-state index is 12.4. The SMILES string of the molecule is CCCOC(=O)c1ccc(N2C[C@H](C(=O)OCC(=O)Nc3cccc(Cl)c3Cl)CC2=O)cc1. The largest absolute Gasteiger partial charge is 0.462 e. The number of hydrogen-bond acceptors (Lipinski definition) is 6. The monoisotopic (exact) mass is 492 g/mol. The zero-order chi connectivity index (χ0) is 24.0. The second kappa shape index (κ2) is 11.2. The van der Waals surface area contributed by atoms with Gasteiger partial charge in [-0.05, 0) is 42.8 Å². The number of rotatable bonds is 8. The number of carbonyl (C=O) groups excluding carboxylic acids is 4. The highest BCUT2D eigenvalue weighted by Crippen LogP contribution is 2.29. The van der Waals surface area contributed by atoms with Crippen LogP contribution in [-0.4, -0.2) is 43.5 Å². The van der Waals surface area contributed by atoms with Crippen LogP contribution in [0, 0.1) is 5.92 Å². The number of carbonyl (C=O) groups is 4. The quantitative estimate of drug-likeness (QED) is 0.556. The Labute approximate surface area is 200 Å². The summed E-state index contributed by atoms with van der Waals surface area (Å²) in [6.07, 6.45) is 0.681. The van der Waals surface area contributed by atoms with Crippen LogP contribution in [0.2, 0.25) is 10.0 Å². The highest BCUT2D eigenvalue weighted by atomic mass is 35.5. The molecule has 174 valence electrons. The first-order valence-electron chi connectivity index (χ1n) is 10.3. The van der Waals surface area contributed by atoms with E-state index in [4.69, 9.17) is 32.7 Å². The topological polar surface area (TPSA) is 102 Å². The Balaban J connectivity index is 1.53. The van der Waals surface area contributed by atoms with Gasteiger partial charge in [-0.1, -0.05) is 36.2 Å². The summed E-state index contributed by atoms with van der Waals surface area (Å²) in [4.78, 5) is 50.3. The average Bonchev–Trinajstić information content (AvgIpc) is 3.20. The summed E-state index contributed by atoms with van der Waals surface area (Å²) in [6, 6.07) is 11.1. The van der Waals surface area contributed by atoms with Gasteiger partial charge in [-0.2, -0.15) is 0 Å². The minimum atomic E-state index is -0.714. The van der Waals surface area contributed by atoms with Gasteiger partial charge < -0.3 is 19.7 Å². The summed E-state index contributed by atoms with van der Waals surface area (Å²) < 4.78 is 10.2. The number of amides is 2. The summed E-state index contributed by atoms with van der Waals surface area (Å²) in [7, 11) is 0. The van der Waals surface area contributed by atoms with E-state index in [2.05, 4.69) is 5.32 Å². The van der Waals surface area contributed by atoms with Crippen LogP contribution < -0.4 is 10.2 Å². The van der Waals surface area contributed by atoms with Crippen molar-refractivity contribution in [1.29, 1.82) is 0 Å². The molecule has 0 aromatic heterocycles. The molecule has 1 aliphatic heterocycles. The molecule has 1 saturated heterocycles. The fourth-order valence-corrected chi connectivity index (χ4v) is 3.56. The van der Waals surface area contributed by atoms with Crippen molar-refractivity contribution < 1.29 is 28.7 Å². The Morgan fingerprint density at radius 1 is 1.09 bits per heavy atom. The summed E-state index contributed by atoms with van der Waals surface area (Å²) >= 11 is 11.9. The van der Waals surface area contributed by atoms with E-state index < -0.39 is 30.4 Å². The van der Waals surface area contributed by atoms with E-state index in [-0.39, 0.29) is 28.9 Å². The van der Waals surface area contributed by atoms with Gasteiger partial charge in [0.15, 0.2) is 6.61 Å². The van der Waals surface area contributed by atoms with Crippen LogP contribution in [0.5, 0.6) is 0 Å². The number of hydrogen-bond donors (Lipinski definition) is 1. The highest BCUT2D eigenvalue weighted by Gasteiger charge is 2.36. The molecule has 10 heteroatoms. The molecule has 33 heavy (non-hydrogen) atoms. The Kier molecular flexibility index (Phi) is 8.30. The third-order valence-corrected chi connectivity index (χ3v) is 5.70.